The molecule has 1 aliphatic rings. The van der Waals surface area contributed by atoms with Crippen molar-refractivity contribution < 1.29 is 4.79 Å². The van der Waals surface area contributed by atoms with Crippen molar-refractivity contribution in [2.45, 2.75) is 45.1 Å². The summed E-state index contributed by atoms with van der Waals surface area (Å²) in [4.78, 5) is 25.1. The van der Waals surface area contributed by atoms with E-state index in [2.05, 4.69) is 32.4 Å². The number of imidazole rings is 1. The predicted octanol–water partition coefficient (Wildman–Crippen LogP) is 2.88. The van der Waals surface area contributed by atoms with Crippen LogP contribution in [-0.4, -0.2) is 25.4 Å². The van der Waals surface area contributed by atoms with Crippen LogP contribution in [0.3, 0.4) is 0 Å². The average Bonchev–Trinajstić information content (AvgIpc) is 2.94. The maximum atomic E-state index is 12.7. The van der Waals surface area contributed by atoms with Gasteiger partial charge in [-0.15, -0.1) is 0 Å². The first-order valence-electron chi connectivity index (χ1n) is 8.99. The fraction of sp³-hybridized carbons (Fsp3) is 0.368. The van der Waals surface area contributed by atoms with Gasteiger partial charge in [-0.1, -0.05) is 12.5 Å². The van der Waals surface area contributed by atoms with E-state index in [9.17, 15) is 4.79 Å². The zero-order chi connectivity index (χ0) is 18.1. The number of aryl methyl sites for hydroxylation is 2. The van der Waals surface area contributed by atoms with E-state index in [1.807, 2.05) is 13.0 Å². The van der Waals surface area contributed by atoms with Gasteiger partial charge in [0.15, 0.2) is 11.5 Å². The third-order valence-electron chi connectivity index (χ3n) is 5.05. The van der Waals surface area contributed by atoms with Gasteiger partial charge in [-0.05, 0) is 55.9 Å². The molecule has 0 saturated heterocycles. The molecule has 2 heterocycles. The van der Waals surface area contributed by atoms with Crippen molar-refractivity contribution in [1.82, 2.24) is 19.5 Å². The molecule has 0 saturated carbocycles. The largest absolute Gasteiger partial charge is 0.382 e. The van der Waals surface area contributed by atoms with Crippen LogP contribution < -0.4 is 11.1 Å². The second-order valence-electron chi connectivity index (χ2n) is 6.79. The second kappa shape index (κ2) is 6.74. The van der Waals surface area contributed by atoms with Crippen molar-refractivity contribution >= 4 is 28.6 Å². The number of fused-ring (bicyclic) bond motifs is 2. The molecule has 1 amide bonds. The standard InChI is InChI=1S/C19H22N6O/c1-12(25-11-23-16-17(20)21-10-22-18(16)25)19(26)24-15-8-7-13-5-3-2-4-6-14(13)9-15/h7-12H,2-6H2,1H3,(H,24,26)(H2,20,21,22). The van der Waals surface area contributed by atoms with Crippen LogP contribution in [0.15, 0.2) is 30.9 Å². The van der Waals surface area contributed by atoms with Crippen LogP contribution >= 0.6 is 0 Å². The Morgan fingerprint density at radius 1 is 1.15 bits per heavy atom. The number of hydrogen-bond acceptors (Lipinski definition) is 5. The molecule has 7 nitrogen and oxygen atoms in total. The molecule has 1 aromatic carbocycles. The minimum atomic E-state index is -0.465. The lowest BCUT2D eigenvalue weighted by molar-refractivity contribution is -0.118. The highest BCUT2D eigenvalue weighted by atomic mass is 16.2. The zero-order valence-corrected chi connectivity index (χ0v) is 14.8. The molecule has 1 aliphatic carbocycles. The molecule has 3 N–H and O–H groups in total. The Morgan fingerprint density at radius 2 is 1.96 bits per heavy atom. The van der Waals surface area contributed by atoms with E-state index in [0.717, 1.165) is 18.5 Å². The number of amides is 1. The first-order chi connectivity index (χ1) is 12.6. The first-order valence-corrected chi connectivity index (χ1v) is 8.99. The van der Waals surface area contributed by atoms with Crippen LogP contribution in [0, 0.1) is 0 Å². The van der Waals surface area contributed by atoms with Crippen molar-refractivity contribution in [3.8, 4) is 0 Å². The van der Waals surface area contributed by atoms with E-state index in [4.69, 9.17) is 5.73 Å². The number of carbonyl (C=O) groups excluding carboxylic acids is 1. The third kappa shape index (κ3) is 3.00. The van der Waals surface area contributed by atoms with Gasteiger partial charge >= 0.3 is 0 Å². The maximum absolute atomic E-state index is 12.7. The highest BCUT2D eigenvalue weighted by molar-refractivity contribution is 5.94. The number of anilines is 2. The van der Waals surface area contributed by atoms with Crippen molar-refractivity contribution in [3.05, 3.63) is 42.0 Å². The first kappa shape index (κ1) is 16.5. The van der Waals surface area contributed by atoms with Crippen LogP contribution in [0.4, 0.5) is 11.5 Å². The lowest BCUT2D eigenvalue weighted by Crippen LogP contribution is -2.23. The SMILES string of the molecule is CC(C(=O)Nc1ccc2c(c1)CCCCC2)n1cnc2c(N)ncnc21. The number of hydrogen-bond donors (Lipinski definition) is 2. The summed E-state index contributed by atoms with van der Waals surface area (Å²) in [6.45, 7) is 1.82. The quantitative estimate of drug-likeness (QED) is 0.708. The molecule has 1 unspecified atom stereocenters. The molecular formula is C19H22N6O. The summed E-state index contributed by atoms with van der Waals surface area (Å²) in [7, 11) is 0. The van der Waals surface area contributed by atoms with E-state index >= 15 is 0 Å². The highest BCUT2D eigenvalue weighted by Crippen LogP contribution is 2.25. The fourth-order valence-corrected chi connectivity index (χ4v) is 3.51. The molecular weight excluding hydrogens is 328 g/mol. The Hall–Kier alpha value is -2.96. The molecule has 3 aromatic rings. The summed E-state index contributed by atoms with van der Waals surface area (Å²) in [5, 5.41) is 3.02. The Labute approximate surface area is 151 Å². The lowest BCUT2D eigenvalue weighted by atomic mass is 10.0. The monoisotopic (exact) mass is 350 g/mol. The van der Waals surface area contributed by atoms with Gasteiger partial charge in [0, 0.05) is 5.69 Å². The molecule has 26 heavy (non-hydrogen) atoms. The predicted molar refractivity (Wildman–Crippen MR) is 101 cm³/mol. The van der Waals surface area contributed by atoms with Crippen LogP contribution in [0.5, 0.6) is 0 Å². The minimum Gasteiger partial charge on any atom is -0.382 e. The van der Waals surface area contributed by atoms with Crippen LogP contribution in [0.2, 0.25) is 0 Å². The molecule has 0 bridgehead atoms. The Bertz CT molecular complexity index is 964. The van der Waals surface area contributed by atoms with E-state index < -0.39 is 6.04 Å². The van der Waals surface area contributed by atoms with Crippen molar-refractivity contribution in [1.29, 1.82) is 0 Å². The number of benzene rings is 1. The average molecular weight is 350 g/mol. The Morgan fingerprint density at radius 3 is 2.81 bits per heavy atom. The minimum absolute atomic E-state index is 0.116. The normalized spacial score (nSPS) is 15.3. The smallest absolute Gasteiger partial charge is 0.247 e. The van der Waals surface area contributed by atoms with Gasteiger partial charge in [0.25, 0.3) is 0 Å². The third-order valence-corrected chi connectivity index (χ3v) is 5.05. The summed E-state index contributed by atoms with van der Waals surface area (Å²) >= 11 is 0. The van der Waals surface area contributed by atoms with Crippen LogP contribution in [-0.2, 0) is 17.6 Å². The van der Waals surface area contributed by atoms with E-state index in [1.165, 1.54) is 36.7 Å². The van der Waals surface area contributed by atoms with E-state index in [0.29, 0.717) is 17.0 Å². The molecule has 4 rings (SSSR count). The summed E-state index contributed by atoms with van der Waals surface area (Å²) in [5.41, 5.74) is 10.5. The van der Waals surface area contributed by atoms with Gasteiger partial charge in [0.2, 0.25) is 5.91 Å². The van der Waals surface area contributed by atoms with Gasteiger partial charge in [0.1, 0.15) is 17.9 Å². The zero-order valence-electron chi connectivity index (χ0n) is 14.8. The summed E-state index contributed by atoms with van der Waals surface area (Å²) in [6, 6.07) is 5.77. The number of rotatable bonds is 3. The highest BCUT2D eigenvalue weighted by Gasteiger charge is 2.20. The van der Waals surface area contributed by atoms with E-state index in [1.54, 1.807) is 10.9 Å². The molecule has 2 aromatic heterocycles. The number of nitrogens with one attached hydrogen (secondary N) is 1. The molecule has 0 fully saturated rings. The topological polar surface area (TPSA) is 98.7 Å². The van der Waals surface area contributed by atoms with Crippen molar-refractivity contribution in [3.63, 3.8) is 0 Å². The fourth-order valence-electron chi connectivity index (χ4n) is 3.51. The summed E-state index contributed by atoms with van der Waals surface area (Å²) in [6.07, 6.45) is 8.90. The molecule has 0 radical (unpaired) electrons. The van der Waals surface area contributed by atoms with E-state index in [-0.39, 0.29) is 5.91 Å². The van der Waals surface area contributed by atoms with Gasteiger partial charge in [0.05, 0.1) is 6.33 Å². The van der Waals surface area contributed by atoms with Gasteiger partial charge < -0.3 is 15.6 Å². The number of carbonyl (C=O) groups is 1. The number of nitrogen functional groups attached to an aromatic ring is 1. The van der Waals surface area contributed by atoms with Crippen molar-refractivity contribution in [2.75, 3.05) is 11.1 Å². The van der Waals surface area contributed by atoms with Gasteiger partial charge in [-0.25, -0.2) is 15.0 Å². The number of aromatic nitrogens is 4. The molecule has 0 aliphatic heterocycles. The summed E-state index contributed by atoms with van der Waals surface area (Å²) in [5.74, 6) is 0.196. The second-order valence-corrected chi connectivity index (χ2v) is 6.79. The lowest BCUT2D eigenvalue weighted by Gasteiger charge is -2.15. The van der Waals surface area contributed by atoms with Gasteiger partial charge in [-0.3, -0.25) is 4.79 Å². The maximum Gasteiger partial charge on any atom is 0.247 e. The number of nitrogens with zero attached hydrogens (tertiary/aromatic N) is 4. The molecule has 134 valence electrons. The van der Waals surface area contributed by atoms with Crippen molar-refractivity contribution in [2.24, 2.45) is 0 Å². The Balaban J connectivity index is 1.56. The molecule has 0 spiro atoms. The van der Waals surface area contributed by atoms with Crippen LogP contribution in [0.1, 0.15) is 43.4 Å². The summed E-state index contributed by atoms with van der Waals surface area (Å²) < 4.78 is 1.71. The van der Waals surface area contributed by atoms with Gasteiger partial charge in [-0.2, -0.15) is 0 Å². The molecule has 7 heteroatoms. The van der Waals surface area contributed by atoms with Crippen LogP contribution in [0.25, 0.3) is 11.2 Å². The Kier molecular flexibility index (Phi) is 4.28. The number of nitrogens with two attached hydrogens (primary N) is 1. The molecule has 1 atom stereocenters.